The lowest BCUT2D eigenvalue weighted by Crippen LogP contribution is -2.35. The van der Waals surface area contributed by atoms with Crippen molar-refractivity contribution in [1.29, 1.82) is 0 Å². The predicted molar refractivity (Wildman–Crippen MR) is 72.9 cm³/mol. The Morgan fingerprint density at radius 2 is 2.06 bits per heavy atom. The molecule has 1 saturated carbocycles. The maximum absolute atomic E-state index is 5.23. The fourth-order valence-electron chi connectivity index (χ4n) is 2.75. The van der Waals surface area contributed by atoms with E-state index in [1.165, 1.54) is 19.3 Å². The van der Waals surface area contributed by atoms with Gasteiger partial charge in [-0.05, 0) is 25.2 Å². The van der Waals surface area contributed by atoms with E-state index in [9.17, 15) is 0 Å². The van der Waals surface area contributed by atoms with E-state index in [0.717, 1.165) is 17.3 Å². The molecular weight excluding hydrogens is 226 g/mol. The second kappa shape index (κ2) is 5.55. The van der Waals surface area contributed by atoms with Crippen molar-refractivity contribution in [3.63, 3.8) is 0 Å². The summed E-state index contributed by atoms with van der Waals surface area (Å²) in [5.41, 5.74) is 0.991. The van der Waals surface area contributed by atoms with Crippen molar-refractivity contribution in [1.82, 2.24) is 9.97 Å². The van der Waals surface area contributed by atoms with Gasteiger partial charge in [-0.15, -0.1) is 0 Å². The Labute approximate surface area is 109 Å². The van der Waals surface area contributed by atoms with Gasteiger partial charge in [-0.1, -0.05) is 26.7 Å². The van der Waals surface area contributed by atoms with Crippen molar-refractivity contribution in [2.45, 2.75) is 46.1 Å². The fraction of sp³-hybridized carbons (Fsp3) is 0.714. The number of hydrogen-bond donors (Lipinski definition) is 1. The van der Waals surface area contributed by atoms with E-state index in [0.29, 0.717) is 17.8 Å². The van der Waals surface area contributed by atoms with Gasteiger partial charge < -0.3 is 10.1 Å². The number of aromatic nitrogens is 2. The van der Waals surface area contributed by atoms with Crippen LogP contribution in [0.15, 0.2) is 6.33 Å². The Kier molecular flexibility index (Phi) is 4.04. The summed E-state index contributed by atoms with van der Waals surface area (Å²) in [6.07, 6.45) is 5.41. The molecule has 4 nitrogen and oxygen atoms in total. The van der Waals surface area contributed by atoms with Crippen LogP contribution in [0, 0.1) is 18.8 Å². The molecule has 3 atom stereocenters. The summed E-state index contributed by atoms with van der Waals surface area (Å²) < 4.78 is 5.23. The summed E-state index contributed by atoms with van der Waals surface area (Å²) in [5, 5.41) is 3.57. The average Bonchev–Trinajstić information content (AvgIpc) is 2.37. The van der Waals surface area contributed by atoms with Crippen LogP contribution in [0.25, 0.3) is 0 Å². The highest BCUT2D eigenvalue weighted by Gasteiger charge is 2.27. The minimum Gasteiger partial charge on any atom is -0.481 e. The van der Waals surface area contributed by atoms with Crippen LogP contribution in [0.2, 0.25) is 0 Å². The van der Waals surface area contributed by atoms with Gasteiger partial charge >= 0.3 is 0 Å². The Bertz CT molecular complexity index is 408. The summed E-state index contributed by atoms with van der Waals surface area (Å²) in [5.74, 6) is 3.02. The van der Waals surface area contributed by atoms with Crippen molar-refractivity contribution in [3.8, 4) is 5.88 Å². The molecule has 0 amide bonds. The van der Waals surface area contributed by atoms with Crippen molar-refractivity contribution < 1.29 is 4.74 Å². The lowest BCUT2D eigenvalue weighted by Gasteiger charge is -2.35. The molecule has 0 saturated heterocycles. The van der Waals surface area contributed by atoms with Gasteiger partial charge in [-0.3, -0.25) is 0 Å². The van der Waals surface area contributed by atoms with Crippen molar-refractivity contribution >= 4 is 5.82 Å². The first-order valence-electron chi connectivity index (χ1n) is 6.75. The minimum absolute atomic E-state index is 0.507. The predicted octanol–water partition coefficient (Wildman–Crippen LogP) is 3.03. The number of rotatable bonds is 3. The monoisotopic (exact) mass is 249 g/mol. The first-order valence-corrected chi connectivity index (χ1v) is 6.75. The average molecular weight is 249 g/mol. The Morgan fingerprint density at radius 1 is 1.28 bits per heavy atom. The topological polar surface area (TPSA) is 47.0 Å². The maximum atomic E-state index is 5.23. The zero-order valence-corrected chi connectivity index (χ0v) is 11.7. The third-order valence-corrected chi connectivity index (χ3v) is 4.26. The van der Waals surface area contributed by atoms with Crippen LogP contribution >= 0.6 is 0 Å². The second-order valence-electron chi connectivity index (χ2n) is 5.37. The molecule has 18 heavy (non-hydrogen) atoms. The molecule has 1 heterocycles. The number of methoxy groups -OCH3 is 1. The van der Waals surface area contributed by atoms with Crippen LogP contribution in [0.4, 0.5) is 5.82 Å². The largest absolute Gasteiger partial charge is 0.481 e. The zero-order valence-electron chi connectivity index (χ0n) is 11.7. The van der Waals surface area contributed by atoms with E-state index in [4.69, 9.17) is 4.74 Å². The zero-order chi connectivity index (χ0) is 13.1. The molecule has 3 unspecified atom stereocenters. The van der Waals surface area contributed by atoms with Crippen LogP contribution in [0.5, 0.6) is 5.88 Å². The summed E-state index contributed by atoms with van der Waals surface area (Å²) in [6.45, 7) is 6.67. The highest BCUT2D eigenvalue weighted by Crippen LogP contribution is 2.32. The third kappa shape index (κ3) is 2.57. The van der Waals surface area contributed by atoms with E-state index < -0.39 is 0 Å². The Balaban J connectivity index is 2.13. The molecule has 0 aromatic carbocycles. The number of hydrogen-bond acceptors (Lipinski definition) is 4. The smallest absolute Gasteiger partial charge is 0.221 e. The molecule has 1 aliphatic carbocycles. The standard InChI is InChI=1S/C14H23N3O/c1-9-6-5-7-12(10(9)2)17-13-11(3)14(18-4)16-8-15-13/h8-10,12H,5-7H2,1-4H3,(H,15,16,17). The molecule has 0 bridgehead atoms. The molecule has 1 aromatic rings. The molecule has 100 valence electrons. The van der Waals surface area contributed by atoms with Crippen molar-refractivity contribution in [2.75, 3.05) is 12.4 Å². The first-order chi connectivity index (χ1) is 8.63. The third-order valence-electron chi connectivity index (χ3n) is 4.26. The van der Waals surface area contributed by atoms with Crippen LogP contribution < -0.4 is 10.1 Å². The molecule has 1 aromatic heterocycles. The number of nitrogens with zero attached hydrogens (tertiary/aromatic N) is 2. The number of ether oxygens (including phenoxy) is 1. The minimum atomic E-state index is 0.507. The molecule has 1 aliphatic rings. The molecule has 4 heteroatoms. The SMILES string of the molecule is COc1ncnc(NC2CCCC(C)C2C)c1C. The van der Waals surface area contributed by atoms with Crippen LogP contribution in [-0.2, 0) is 0 Å². The van der Waals surface area contributed by atoms with E-state index in [-0.39, 0.29) is 0 Å². The summed E-state index contributed by atoms with van der Waals surface area (Å²) in [6, 6.07) is 0.507. The Hall–Kier alpha value is -1.32. The van der Waals surface area contributed by atoms with Gasteiger partial charge in [0.25, 0.3) is 0 Å². The van der Waals surface area contributed by atoms with E-state index >= 15 is 0 Å². The van der Waals surface area contributed by atoms with Crippen molar-refractivity contribution in [2.24, 2.45) is 11.8 Å². The van der Waals surface area contributed by atoms with Gasteiger partial charge in [0.1, 0.15) is 12.1 Å². The highest BCUT2D eigenvalue weighted by atomic mass is 16.5. The van der Waals surface area contributed by atoms with Crippen LogP contribution in [0.1, 0.15) is 38.7 Å². The molecule has 1 N–H and O–H groups in total. The van der Waals surface area contributed by atoms with E-state index in [1.54, 1.807) is 13.4 Å². The normalized spacial score (nSPS) is 27.9. The van der Waals surface area contributed by atoms with Gasteiger partial charge in [0.15, 0.2) is 0 Å². The second-order valence-corrected chi connectivity index (χ2v) is 5.37. The molecule has 2 rings (SSSR count). The first kappa shape index (κ1) is 13.1. The lowest BCUT2D eigenvalue weighted by molar-refractivity contribution is 0.252. The fourth-order valence-corrected chi connectivity index (χ4v) is 2.75. The van der Waals surface area contributed by atoms with E-state index in [1.807, 2.05) is 6.92 Å². The van der Waals surface area contributed by atoms with Gasteiger partial charge in [0, 0.05) is 6.04 Å². The summed E-state index contributed by atoms with van der Waals surface area (Å²) >= 11 is 0. The highest BCUT2D eigenvalue weighted by molar-refractivity contribution is 5.48. The molecule has 0 radical (unpaired) electrons. The molecule has 0 spiro atoms. The molecule has 1 fully saturated rings. The van der Waals surface area contributed by atoms with Gasteiger partial charge in [0.2, 0.25) is 5.88 Å². The lowest BCUT2D eigenvalue weighted by atomic mass is 9.78. The molecule has 0 aliphatic heterocycles. The van der Waals surface area contributed by atoms with Crippen LogP contribution in [-0.4, -0.2) is 23.1 Å². The Morgan fingerprint density at radius 3 is 2.78 bits per heavy atom. The number of nitrogens with one attached hydrogen (secondary N) is 1. The van der Waals surface area contributed by atoms with Gasteiger partial charge in [0.05, 0.1) is 12.7 Å². The van der Waals surface area contributed by atoms with Gasteiger partial charge in [-0.25, -0.2) is 9.97 Å². The van der Waals surface area contributed by atoms with Crippen LogP contribution in [0.3, 0.4) is 0 Å². The maximum Gasteiger partial charge on any atom is 0.221 e. The molecular formula is C14H23N3O. The quantitative estimate of drug-likeness (QED) is 0.894. The summed E-state index contributed by atoms with van der Waals surface area (Å²) in [7, 11) is 1.64. The van der Waals surface area contributed by atoms with E-state index in [2.05, 4.69) is 29.1 Å². The van der Waals surface area contributed by atoms with Gasteiger partial charge in [-0.2, -0.15) is 0 Å². The number of anilines is 1. The summed E-state index contributed by atoms with van der Waals surface area (Å²) in [4.78, 5) is 8.45. The van der Waals surface area contributed by atoms with Crippen molar-refractivity contribution in [3.05, 3.63) is 11.9 Å².